The molecule has 0 aromatic rings. The Morgan fingerprint density at radius 3 is 1.85 bits per heavy atom. The lowest BCUT2D eigenvalue weighted by atomic mass is 10.1. The van der Waals surface area contributed by atoms with E-state index >= 15 is 0 Å². The molecule has 0 aliphatic rings. The summed E-state index contributed by atoms with van der Waals surface area (Å²) in [7, 11) is 0. The highest BCUT2D eigenvalue weighted by molar-refractivity contribution is 5.66. The summed E-state index contributed by atoms with van der Waals surface area (Å²) in [4.78, 5) is 10.3. The number of hydrogen-bond acceptors (Lipinski definition) is 1. The van der Waals surface area contributed by atoms with E-state index in [1.165, 1.54) is 44.9 Å². The fourth-order valence-electron chi connectivity index (χ4n) is 2.05. The number of allylic oxidation sites excluding steroid dienone is 4. The Hall–Kier alpha value is -1.05. The van der Waals surface area contributed by atoms with E-state index in [-0.39, 0.29) is 0 Å². The summed E-state index contributed by atoms with van der Waals surface area (Å²) in [6.07, 6.45) is 22.3. The summed E-state index contributed by atoms with van der Waals surface area (Å²) in [5, 5.41) is 8.50. The minimum atomic E-state index is -0.670. The molecule has 0 saturated heterocycles. The molecule has 0 amide bonds. The highest BCUT2D eigenvalue weighted by atomic mass is 16.4. The van der Waals surface area contributed by atoms with Crippen LogP contribution in [0.3, 0.4) is 0 Å². The SMILES string of the molecule is CCCC/C=C/CC/C=C\CCCCCCCC(=O)O. The van der Waals surface area contributed by atoms with Crippen molar-refractivity contribution in [1.82, 2.24) is 0 Å². The van der Waals surface area contributed by atoms with Crippen molar-refractivity contribution in [3.05, 3.63) is 24.3 Å². The highest BCUT2D eigenvalue weighted by Crippen LogP contribution is 2.08. The fourth-order valence-corrected chi connectivity index (χ4v) is 2.05. The van der Waals surface area contributed by atoms with Crippen molar-refractivity contribution in [2.75, 3.05) is 0 Å². The normalized spacial score (nSPS) is 11.7. The van der Waals surface area contributed by atoms with Gasteiger partial charge in [0.1, 0.15) is 0 Å². The average molecular weight is 280 g/mol. The van der Waals surface area contributed by atoms with Crippen LogP contribution in [-0.2, 0) is 4.79 Å². The molecule has 0 spiro atoms. The zero-order valence-corrected chi connectivity index (χ0v) is 13.2. The zero-order valence-electron chi connectivity index (χ0n) is 13.2. The summed E-state index contributed by atoms with van der Waals surface area (Å²) in [5.41, 5.74) is 0. The van der Waals surface area contributed by atoms with Crippen LogP contribution >= 0.6 is 0 Å². The van der Waals surface area contributed by atoms with Crippen molar-refractivity contribution >= 4 is 5.97 Å². The first-order valence-corrected chi connectivity index (χ1v) is 8.29. The van der Waals surface area contributed by atoms with Crippen molar-refractivity contribution in [2.45, 2.75) is 84.0 Å². The van der Waals surface area contributed by atoms with E-state index in [0.717, 1.165) is 25.7 Å². The van der Waals surface area contributed by atoms with E-state index < -0.39 is 5.97 Å². The van der Waals surface area contributed by atoms with Crippen LogP contribution in [0.5, 0.6) is 0 Å². The van der Waals surface area contributed by atoms with Crippen molar-refractivity contribution < 1.29 is 9.90 Å². The average Bonchev–Trinajstić information content (AvgIpc) is 2.43. The van der Waals surface area contributed by atoms with Gasteiger partial charge in [0.2, 0.25) is 0 Å². The predicted octanol–water partition coefficient (Wildman–Crippen LogP) is 5.88. The second-order valence-corrected chi connectivity index (χ2v) is 5.36. The van der Waals surface area contributed by atoms with Crippen LogP contribution in [0.4, 0.5) is 0 Å². The first-order chi connectivity index (χ1) is 9.77. The van der Waals surface area contributed by atoms with E-state index in [2.05, 4.69) is 31.2 Å². The van der Waals surface area contributed by atoms with E-state index in [9.17, 15) is 4.79 Å². The lowest BCUT2D eigenvalue weighted by Gasteiger charge is -1.98. The van der Waals surface area contributed by atoms with Gasteiger partial charge in [-0.25, -0.2) is 0 Å². The molecule has 0 bridgehead atoms. The van der Waals surface area contributed by atoms with Gasteiger partial charge in [-0.1, -0.05) is 63.3 Å². The monoisotopic (exact) mass is 280 g/mol. The quantitative estimate of drug-likeness (QED) is 0.318. The molecule has 0 radical (unpaired) electrons. The molecule has 0 atom stereocenters. The lowest BCUT2D eigenvalue weighted by molar-refractivity contribution is -0.137. The standard InChI is InChI=1S/C18H32O2/c1-2-3-4-5-6-7-8-9-10-11-12-13-14-15-16-17-18(19)20/h5-6,9-10H,2-4,7-8,11-17H2,1H3,(H,19,20)/b6-5+,10-9-. The van der Waals surface area contributed by atoms with Crippen molar-refractivity contribution in [1.29, 1.82) is 0 Å². The highest BCUT2D eigenvalue weighted by Gasteiger charge is 1.95. The van der Waals surface area contributed by atoms with Crippen LogP contribution in [0.1, 0.15) is 84.0 Å². The Labute approximate surface area is 125 Å². The molecule has 20 heavy (non-hydrogen) atoms. The van der Waals surface area contributed by atoms with E-state index in [4.69, 9.17) is 5.11 Å². The van der Waals surface area contributed by atoms with Crippen molar-refractivity contribution in [3.8, 4) is 0 Å². The maximum absolute atomic E-state index is 10.3. The fraction of sp³-hybridized carbons (Fsp3) is 0.722. The molecule has 2 nitrogen and oxygen atoms in total. The molecule has 0 fully saturated rings. The Kier molecular flexibility index (Phi) is 15.2. The molecule has 0 aliphatic heterocycles. The van der Waals surface area contributed by atoms with Gasteiger partial charge in [0.25, 0.3) is 0 Å². The van der Waals surface area contributed by atoms with Crippen LogP contribution in [0.15, 0.2) is 24.3 Å². The molecular weight excluding hydrogens is 248 g/mol. The van der Waals surface area contributed by atoms with Gasteiger partial charge in [0.05, 0.1) is 0 Å². The number of aliphatic carboxylic acids is 1. The maximum Gasteiger partial charge on any atom is 0.303 e. The molecule has 0 aromatic heterocycles. The number of carboxylic acid groups (broad SMARTS) is 1. The molecule has 0 saturated carbocycles. The van der Waals surface area contributed by atoms with Crippen molar-refractivity contribution in [3.63, 3.8) is 0 Å². The van der Waals surface area contributed by atoms with E-state index in [1.54, 1.807) is 0 Å². The first-order valence-electron chi connectivity index (χ1n) is 8.29. The van der Waals surface area contributed by atoms with Gasteiger partial charge in [0, 0.05) is 6.42 Å². The maximum atomic E-state index is 10.3. The van der Waals surface area contributed by atoms with Crippen molar-refractivity contribution in [2.24, 2.45) is 0 Å². The molecule has 0 aliphatic carbocycles. The lowest BCUT2D eigenvalue weighted by Crippen LogP contribution is -1.93. The largest absolute Gasteiger partial charge is 0.481 e. The van der Waals surface area contributed by atoms with Crippen LogP contribution in [-0.4, -0.2) is 11.1 Å². The van der Waals surface area contributed by atoms with Gasteiger partial charge in [-0.05, 0) is 38.5 Å². The van der Waals surface area contributed by atoms with Crippen LogP contribution in [0.2, 0.25) is 0 Å². The number of rotatable bonds is 14. The summed E-state index contributed by atoms with van der Waals surface area (Å²) >= 11 is 0. The Bertz CT molecular complexity index is 267. The summed E-state index contributed by atoms with van der Waals surface area (Å²) in [6.45, 7) is 2.22. The van der Waals surface area contributed by atoms with Crippen LogP contribution < -0.4 is 0 Å². The van der Waals surface area contributed by atoms with Gasteiger partial charge in [0.15, 0.2) is 0 Å². The number of carboxylic acids is 1. The van der Waals surface area contributed by atoms with E-state index in [1.807, 2.05) is 0 Å². The molecule has 0 heterocycles. The molecule has 2 heteroatoms. The molecule has 0 unspecified atom stereocenters. The molecular formula is C18H32O2. The first kappa shape index (κ1) is 18.9. The minimum absolute atomic E-state index is 0.325. The van der Waals surface area contributed by atoms with Gasteiger partial charge >= 0.3 is 5.97 Å². The number of carbonyl (C=O) groups is 1. The Morgan fingerprint density at radius 1 is 0.750 bits per heavy atom. The summed E-state index contributed by atoms with van der Waals surface area (Å²) in [5.74, 6) is -0.670. The van der Waals surface area contributed by atoms with Crippen LogP contribution in [0.25, 0.3) is 0 Å². The number of unbranched alkanes of at least 4 members (excludes halogenated alkanes) is 8. The predicted molar refractivity (Wildman–Crippen MR) is 87.0 cm³/mol. The third-order valence-corrected chi connectivity index (χ3v) is 3.32. The molecule has 116 valence electrons. The Balaban J connectivity index is 3.16. The second kappa shape index (κ2) is 16.0. The molecule has 0 aromatic carbocycles. The van der Waals surface area contributed by atoms with Gasteiger partial charge in [-0.15, -0.1) is 0 Å². The molecule has 1 N–H and O–H groups in total. The second-order valence-electron chi connectivity index (χ2n) is 5.36. The third kappa shape index (κ3) is 16.9. The smallest absolute Gasteiger partial charge is 0.303 e. The topological polar surface area (TPSA) is 37.3 Å². The third-order valence-electron chi connectivity index (χ3n) is 3.32. The molecule has 0 rings (SSSR count). The van der Waals surface area contributed by atoms with Crippen LogP contribution in [0, 0.1) is 0 Å². The van der Waals surface area contributed by atoms with E-state index in [0.29, 0.717) is 6.42 Å². The summed E-state index contributed by atoms with van der Waals surface area (Å²) in [6, 6.07) is 0. The van der Waals surface area contributed by atoms with Gasteiger partial charge in [-0.3, -0.25) is 4.79 Å². The zero-order chi connectivity index (χ0) is 14.9. The number of hydrogen-bond donors (Lipinski definition) is 1. The van der Waals surface area contributed by atoms with Gasteiger partial charge < -0.3 is 5.11 Å². The Morgan fingerprint density at radius 2 is 1.25 bits per heavy atom. The summed E-state index contributed by atoms with van der Waals surface area (Å²) < 4.78 is 0. The van der Waals surface area contributed by atoms with Gasteiger partial charge in [-0.2, -0.15) is 0 Å². The minimum Gasteiger partial charge on any atom is -0.481 e.